The van der Waals surface area contributed by atoms with E-state index < -0.39 is 0 Å². The van der Waals surface area contributed by atoms with E-state index in [1.54, 1.807) is 0 Å². The standard InChI is InChI=1S/C13H25N3/c1-4-7-8-10-12(6-3)16-13(9-5-2)14-11-15-16/h11-12H,4-10H2,1-3H3/p+1. The summed E-state index contributed by atoms with van der Waals surface area (Å²) >= 11 is 0. The van der Waals surface area contributed by atoms with Gasteiger partial charge in [-0.1, -0.05) is 33.6 Å². The number of hydrogen-bond acceptors (Lipinski definition) is 1. The van der Waals surface area contributed by atoms with E-state index in [1.807, 2.05) is 6.33 Å². The number of unbranched alkanes of at least 4 members (excludes halogenated alkanes) is 2. The summed E-state index contributed by atoms with van der Waals surface area (Å²) in [6.07, 6.45) is 10.5. The van der Waals surface area contributed by atoms with Gasteiger partial charge in [-0.2, -0.15) is 9.78 Å². The van der Waals surface area contributed by atoms with E-state index in [4.69, 9.17) is 0 Å². The summed E-state index contributed by atoms with van der Waals surface area (Å²) < 4.78 is 2.28. The Kier molecular flexibility index (Phi) is 6.12. The molecule has 3 heteroatoms. The van der Waals surface area contributed by atoms with Crippen molar-refractivity contribution in [2.24, 2.45) is 0 Å². The molecule has 0 aliphatic rings. The third-order valence-corrected chi connectivity index (χ3v) is 3.14. The van der Waals surface area contributed by atoms with Crippen LogP contribution in [-0.4, -0.2) is 10.1 Å². The first kappa shape index (κ1) is 13.2. The molecular weight excluding hydrogens is 198 g/mol. The summed E-state index contributed by atoms with van der Waals surface area (Å²) in [5.74, 6) is 1.21. The van der Waals surface area contributed by atoms with Crippen LogP contribution >= 0.6 is 0 Å². The molecule has 1 rings (SSSR count). The number of hydrogen-bond donors (Lipinski definition) is 1. The van der Waals surface area contributed by atoms with Crippen LogP contribution in [0, 0.1) is 0 Å². The molecule has 1 aromatic rings. The van der Waals surface area contributed by atoms with Gasteiger partial charge in [-0.05, 0) is 30.7 Å². The van der Waals surface area contributed by atoms with Gasteiger partial charge >= 0.3 is 5.82 Å². The molecule has 0 bridgehead atoms. The molecule has 0 fully saturated rings. The molecule has 0 radical (unpaired) electrons. The molecule has 1 heterocycles. The Morgan fingerprint density at radius 3 is 2.69 bits per heavy atom. The lowest BCUT2D eigenvalue weighted by atomic mass is 10.1. The predicted molar refractivity (Wildman–Crippen MR) is 66.2 cm³/mol. The van der Waals surface area contributed by atoms with Crippen molar-refractivity contribution < 1.29 is 4.68 Å². The van der Waals surface area contributed by atoms with Crippen LogP contribution in [0.15, 0.2) is 6.33 Å². The summed E-state index contributed by atoms with van der Waals surface area (Å²) in [5, 5.41) is 3.27. The maximum atomic E-state index is 4.41. The Morgan fingerprint density at radius 2 is 2.06 bits per heavy atom. The third-order valence-electron chi connectivity index (χ3n) is 3.14. The average molecular weight is 224 g/mol. The quantitative estimate of drug-likeness (QED) is 0.534. The zero-order chi connectivity index (χ0) is 11.8. The number of nitrogens with one attached hydrogen (secondary N) is 1. The molecule has 1 aromatic heterocycles. The molecule has 0 spiro atoms. The van der Waals surface area contributed by atoms with Gasteiger partial charge in [0.25, 0.3) is 0 Å². The largest absolute Gasteiger partial charge is 0.319 e. The lowest BCUT2D eigenvalue weighted by Gasteiger charge is -2.11. The second-order valence-corrected chi connectivity index (χ2v) is 4.48. The lowest BCUT2D eigenvalue weighted by Crippen LogP contribution is -2.44. The maximum Gasteiger partial charge on any atom is 0.319 e. The highest BCUT2D eigenvalue weighted by Crippen LogP contribution is 2.13. The second-order valence-electron chi connectivity index (χ2n) is 4.48. The zero-order valence-corrected chi connectivity index (χ0v) is 11.0. The number of H-pyrrole nitrogens is 1. The minimum absolute atomic E-state index is 0.607. The number of nitrogens with zero attached hydrogens (tertiary/aromatic N) is 2. The number of rotatable bonds is 8. The van der Waals surface area contributed by atoms with Gasteiger partial charge in [0.15, 0.2) is 0 Å². The van der Waals surface area contributed by atoms with Gasteiger partial charge < -0.3 is 0 Å². The Bertz CT molecular complexity index is 280. The minimum atomic E-state index is 0.607. The Balaban J connectivity index is 2.59. The van der Waals surface area contributed by atoms with E-state index in [1.165, 1.54) is 37.9 Å². The molecule has 16 heavy (non-hydrogen) atoms. The van der Waals surface area contributed by atoms with Gasteiger partial charge in [-0.3, -0.25) is 0 Å². The van der Waals surface area contributed by atoms with Crippen molar-refractivity contribution in [1.29, 1.82) is 0 Å². The van der Waals surface area contributed by atoms with Crippen LogP contribution in [0.4, 0.5) is 0 Å². The number of aromatic amines is 1. The number of aromatic nitrogens is 3. The van der Waals surface area contributed by atoms with Crippen LogP contribution in [0.1, 0.15) is 71.2 Å². The highest BCUT2D eigenvalue weighted by molar-refractivity contribution is 4.72. The third kappa shape index (κ3) is 3.62. The van der Waals surface area contributed by atoms with Crippen molar-refractivity contribution in [3.63, 3.8) is 0 Å². The van der Waals surface area contributed by atoms with Crippen LogP contribution in [-0.2, 0) is 6.42 Å². The molecule has 0 aliphatic carbocycles. The fourth-order valence-corrected chi connectivity index (χ4v) is 2.17. The molecule has 1 unspecified atom stereocenters. The first-order valence-corrected chi connectivity index (χ1v) is 6.77. The van der Waals surface area contributed by atoms with E-state index in [0.717, 1.165) is 12.8 Å². The van der Waals surface area contributed by atoms with Crippen molar-refractivity contribution in [2.45, 2.75) is 71.8 Å². The molecule has 0 amide bonds. The van der Waals surface area contributed by atoms with Crippen molar-refractivity contribution in [3.8, 4) is 0 Å². The SMILES string of the molecule is CCCCCC(CC)[n+]1[nH]cnc1CCC. The summed E-state index contributed by atoms with van der Waals surface area (Å²) in [6, 6.07) is 0.607. The van der Waals surface area contributed by atoms with Crippen LogP contribution in [0.5, 0.6) is 0 Å². The Hall–Kier alpha value is -0.860. The van der Waals surface area contributed by atoms with Gasteiger partial charge in [0.05, 0.1) is 6.42 Å². The van der Waals surface area contributed by atoms with Gasteiger partial charge in [-0.25, -0.2) is 0 Å². The highest BCUT2D eigenvalue weighted by atomic mass is 15.3. The van der Waals surface area contributed by atoms with Crippen molar-refractivity contribution in [3.05, 3.63) is 12.2 Å². The topological polar surface area (TPSA) is 32.6 Å². The highest BCUT2D eigenvalue weighted by Gasteiger charge is 2.20. The second kappa shape index (κ2) is 7.42. The summed E-state index contributed by atoms with van der Waals surface area (Å²) in [7, 11) is 0. The zero-order valence-electron chi connectivity index (χ0n) is 11.0. The van der Waals surface area contributed by atoms with Crippen LogP contribution in [0.3, 0.4) is 0 Å². The molecule has 1 atom stereocenters. The van der Waals surface area contributed by atoms with Crippen molar-refractivity contribution >= 4 is 0 Å². The van der Waals surface area contributed by atoms with E-state index in [-0.39, 0.29) is 0 Å². The van der Waals surface area contributed by atoms with Crippen molar-refractivity contribution in [1.82, 2.24) is 10.1 Å². The molecule has 3 nitrogen and oxygen atoms in total. The molecule has 0 saturated heterocycles. The van der Waals surface area contributed by atoms with E-state index >= 15 is 0 Å². The summed E-state index contributed by atoms with van der Waals surface area (Å²) in [4.78, 5) is 4.41. The molecule has 0 saturated carbocycles. The molecule has 92 valence electrons. The molecular formula is C13H26N3+. The van der Waals surface area contributed by atoms with Gasteiger partial charge in [0.2, 0.25) is 6.33 Å². The average Bonchev–Trinajstić information content (AvgIpc) is 2.73. The lowest BCUT2D eigenvalue weighted by molar-refractivity contribution is -0.782. The van der Waals surface area contributed by atoms with Gasteiger partial charge in [-0.15, -0.1) is 0 Å². The normalized spacial score (nSPS) is 12.9. The van der Waals surface area contributed by atoms with E-state index in [9.17, 15) is 0 Å². The van der Waals surface area contributed by atoms with E-state index in [0.29, 0.717) is 6.04 Å². The molecule has 1 N–H and O–H groups in total. The maximum absolute atomic E-state index is 4.41. The Morgan fingerprint density at radius 1 is 1.25 bits per heavy atom. The molecule has 0 aromatic carbocycles. The minimum Gasteiger partial charge on any atom is -0.193 e. The van der Waals surface area contributed by atoms with E-state index in [2.05, 4.69) is 35.5 Å². The van der Waals surface area contributed by atoms with Crippen molar-refractivity contribution in [2.75, 3.05) is 0 Å². The summed E-state index contributed by atoms with van der Waals surface area (Å²) in [6.45, 7) is 6.73. The first-order chi connectivity index (χ1) is 7.83. The van der Waals surface area contributed by atoms with Crippen LogP contribution in [0.2, 0.25) is 0 Å². The first-order valence-electron chi connectivity index (χ1n) is 6.77. The van der Waals surface area contributed by atoms with Gasteiger partial charge in [0, 0.05) is 0 Å². The monoisotopic (exact) mass is 224 g/mol. The fourth-order valence-electron chi connectivity index (χ4n) is 2.17. The number of aryl methyl sites for hydroxylation is 1. The smallest absolute Gasteiger partial charge is 0.193 e. The van der Waals surface area contributed by atoms with Gasteiger partial charge in [0.1, 0.15) is 6.04 Å². The summed E-state index contributed by atoms with van der Waals surface area (Å²) in [5.41, 5.74) is 0. The fraction of sp³-hybridized carbons (Fsp3) is 0.846. The molecule has 0 aliphatic heterocycles. The predicted octanol–water partition coefficient (Wildman–Crippen LogP) is 3.18. The van der Waals surface area contributed by atoms with Crippen LogP contribution < -0.4 is 4.68 Å². The van der Waals surface area contributed by atoms with Crippen LogP contribution in [0.25, 0.3) is 0 Å². The Labute approximate surface area is 99.3 Å².